The summed E-state index contributed by atoms with van der Waals surface area (Å²) in [7, 11) is -0.786. The molecule has 0 saturated carbocycles. The van der Waals surface area contributed by atoms with E-state index in [0.717, 1.165) is 4.31 Å². The van der Waals surface area contributed by atoms with Crippen molar-refractivity contribution >= 4 is 50.5 Å². The second-order valence-electron chi connectivity index (χ2n) is 6.32. The Morgan fingerprint density at radius 2 is 1.31 bits per heavy atom. The molecule has 0 N–H and O–H groups in total. The number of nitrogens with zero attached hydrogens (tertiary/aromatic N) is 2. The van der Waals surface area contributed by atoms with Crippen molar-refractivity contribution in [3.8, 4) is 0 Å². The van der Waals surface area contributed by atoms with Crippen molar-refractivity contribution in [3.63, 3.8) is 0 Å². The number of hydrogen-bond donors (Lipinski definition) is 0. The van der Waals surface area contributed by atoms with Crippen LogP contribution in [-0.2, 0) is 10.0 Å². The van der Waals surface area contributed by atoms with Gasteiger partial charge >= 0.3 is 0 Å². The summed E-state index contributed by atoms with van der Waals surface area (Å²) >= 11 is 11.8. The van der Waals surface area contributed by atoms with Crippen LogP contribution in [0.2, 0.25) is 10.0 Å². The Labute approximate surface area is 180 Å². The van der Waals surface area contributed by atoms with Crippen LogP contribution in [0.15, 0.2) is 77.7 Å². The Bertz CT molecular complexity index is 1130. The molecular formula is C21H18Cl2N2O3S. The molecule has 0 saturated heterocycles. The van der Waals surface area contributed by atoms with E-state index in [4.69, 9.17) is 23.2 Å². The number of hydrogen-bond acceptors (Lipinski definition) is 3. The van der Waals surface area contributed by atoms with Crippen LogP contribution in [0.1, 0.15) is 10.4 Å². The van der Waals surface area contributed by atoms with Crippen LogP contribution in [0, 0.1) is 0 Å². The molecule has 0 aliphatic rings. The minimum Gasteiger partial charge on any atom is -0.311 e. The van der Waals surface area contributed by atoms with Crippen molar-refractivity contribution < 1.29 is 13.2 Å². The van der Waals surface area contributed by atoms with E-state index in [-0.39, 0.29) is 16.4 Å². The Morgan fingerprint density at radius 1 is 0.793 bits per heavy atom. The molecule has 0 aliphatic heterocycles. The Balaban J connectivity index is 1.90. The average Bonchev–Trinajstić information content (AvgIpc) is 2.73. The smallest absolute Gasteiger partial charge is 0.264 e. The first-order valence-electron chi connectivity index (χ1n) is 8.58. The van der Waals surface area contributed by atoms with Gasteiger partial charge in [0.1, 0.15) is 0 Å². The van der Waals surface area contributed by atoms with Gasteiger partial charge in [0, 0.05) is 35.4 Å². The van der Waals surface area contributed by atoms with Crippen molar-refractivity contribution in [3.05, 3.63) is 88.4 Å². The fourth-order valence-electron chi connectivity index (χ4n) is 2.71. The van der Waals surface area contributed by atoms with E-state index in [1.165, 1.54) is 24.1 Å². The number of sulfonamides is 1. The fourth-order valence-corrected chi connectivity index (χ4v) is 4.21. The van der Waals surface area contributed by atoms with Crippen LogP contribution in [0.25, 0.3) is 0 Å². The van der Waals surface area contributed by atoms with Crippen LogP contribution >= 0.6 is 23.2 Å². The molecule has 1 amide bonds. The van der Waals surface area contributed by atoms with E-state index in [0.29, 0.717) is 21.4 Å². The predicted octanol–water partition coefficient (Wildman–Crippen LogP) is 5.10. The molecule has 8 heteroatoms. The third-order valence-electron chi connectivity index (χ3n) is 4.45. The summed E-state index contributed by atoms with van der Waals surface area (Å²) < 4.78 is 27.2. The van der Waals surface area contributed by atoms with Gasteiger partial charge in [0.2, 0.25) is 0 Å². The first kappa shape index (κ1) is 21.2. The summed E-state index contributed by atoms with van der Waals surface area (Å²) in [4.78, 5) is 14.3. The highest BCUT2D eigenvalue weighted by Crippen LogP contribution is 2.25. The summed E-state index contributed by atoms with van der Waals surface area (Å²) in [6.45, 7) is 0. The summed E-state index contributed by atoms with van der Waals surface area (Å²) in [5.41, 5.74) is 1.36. The third-order valence-corrected chi connectivity index (χ3v) is 6.73. The molecule has 0 spiro atoms. The molecule has 0 heterocycles. The number of carbonyl (C=O) groups excluding carboxylic acids is 1. The summed E-state index contributed by atoms with van der Waals surface area (Å²) in [5, 5.41) is 1.07. The first-order valence-corrected chi connectivity index (χ1v) is 10.8. The normalized spacial score (nSPS) is 11.2. The maximum atomic E-state index is 13.0. The fraction of sp³-hybridized carbons (Fsp3) is 0.0952. The van der Waals surface area contributed by atoms with E-state index < -0.39 is 10.0 Å². The maximum Gasteiger partial charge on any atom is 0.264 e. The second-order valence-corrected chi connectivity index (χ2v) is 9.16. The molecule has 0 unspecified atom stereocenters. The lowest BCUT2D eigenvalue weighted by molar-refractivity contribution is 0.0993. The number of carbonyl (C=O) groups is 1. The Hall–Kier alpha value is -2.54. The Morgan fingerprint density at radius 3 is 1.86 bits per heavy atom. The summed E-state index contributed by atoms with van der Waals surface area (Å²) in [6, 6.07) is 19.2. The molecule has 0 aromatic heterocycles. The number of anilines is 2. The Kier molecular flexibility index (Phi) is 6.17. The number of halogens is 2. The van der Waals surface area contributed by atoms with Gasteiger partial charge < -0.3 is 4.90 Å². The van der Waals surface area contributed by atoms with Crippen LogP contribution in [0.5, 0.6) is 0 Å². The molecule has 0 aliphatic carbocycles. The second kappa shape index (κ2) is 8.45. The standard InChI is InChI=1S/C21H18Cl2N2O3S/c1-24(18-10-6-16(22)7-11-18)21(26)15-4-3-5-20(14-15)29(27,28)25(2)19-12-8-17(23)9-13-19/h3-14H,1-2H3. The highest BCUT2D eigenvalue weighted by Gasteiger charge is 2.23. The topological polar surface area (TPSA) is 57.7 Å². The zero-order chi connectivity index (χ0) is 21.2. The van der Waals surface area contributed by atoms with Gasteiger partial charge in [-0.3, -0.25) is 9.10 Å². The van der Waals surface area contributed by atoms with Crippen molar-refractivity contribution in [1.29, 1.82) is 0 Å². The van der Waals surface area contributed by atoms with E-state index in [1.807, 2.05) is 0 Å². The zero-order valence-corrected chi connectivity index (χ0v) is 18.0. The third kappa shape index (κ3) is 4.56. The van der Waals surface area contributed by atoms with Gasteiger partial charge in [0.05, 0.1) is 10.6 Å². The highest BCUT2D eigenvalue weighted by atomic mass is 35.5. The summed E-state index contributed by atoms with van der Waals surface area (Å²) in [5.74, 6) is -0.335. The summed E-state index contributed by atoms with van der Waals surface area (Å²) in [6.07, 6.45) is 0. The quantitative estimate of drug-likeness (QED) is 0.545. The highest BCUT2D eigenvalue weighted by molar-refractivity contribution is 7.92. The lowest BCUT2D eigenvalue weighted by Crippen LogP contribution is -2.28. The van der Waals surface area contributed by atoms with Crippen LogP contribution in [-0.4, -0.2) is 28.4 Å². The molecule has 29 heavy (non-hydrogen) atoms. The van der Waals surface area contributed by atoms with Crippen molar-refractivity contribution in [2.45, 2.75) is 4.90 Å². The predicted molar refractivity (Wildman–Crippen MR) is 118 cm³/mol. The first-order chi connectivity index (χ1) is 13.7. The molecule has 3 aromatic rings. The van der Waals surface area contributed by atoms with Gasteiger partial charge in [-0.2, -0.15) is 0 Å². The minimum absolute atomic E-state index is 0.0188. The molecule has 5 nitrogen and oxygen atoms in total. The van der Waals surface area contributed by atoms with Gasteiger partial charge in [-0.25, -0.2) is 8.42 Å². The lowest BCUT2D eigenvalue weighted by atomic mass is 10.2. The van der Waals surface area contributed by atoms with Crippen molar-refractivity contribution in [2.24, 2.45) is 0 Å². The maximum absolute atomic E-state index is 13.0. The minimum atomic E-state index is -3.85. The van der Waals surface area contributed by atoms with Gasteiger partial charge in [-0.05, 0) is 66.7 Å². The van der Waals surface area contributed by atoms with Crippen LogP contribution < -0.4 is 9.21 Å². The number of rotatable bonds is 5. The SMILES string of the molecule is CN(C(=O)c1cccc(S(=O)(=O)N(C)c2ccc(Cl)cc2)c1)c1ccc(Cl)cc1. The molecule has 150 valence electrons. The lowest BCUT2D eigenvalue weighted by Gasteiger charge is -2.21. The van der Waals surface area contributed by atoms with Gasteiger partial charge in [-0.15, -0.1) is 0 Å². The molecule has 0 radical (unpaired) electrons. The van der Waals surface area contributed by atoms with Crippen LogP contribution in [0.3, 0.4) is 0 Å². The average molecular weight is 449 g/mol. The van der Waals surface area contributed by atoms with Gasteiger partial charge in [-0.1, -0.05) is 29.3 Å². The van der Waals surface area contributed by atoms with E-state index in [9.17, 15) is 13.2 Å². The van der Waals surface area contributed by atoms with Crippen molar-refractivity contribution in [2.75, 3.05) is 23.3 Å². The van der Waals surface area contributed by atoms with Gasteiger partial charge in [0.25, 0.3) is 15.9 Å². The van der Waals surface area contributed by atoms with E-state index in [2.05, 4.69) is 0 Å². The number of amides is 1. The molecule has 0 fully saturated rings. The van der Waals surface area contributed by atoms with E-state index in [1.54, 1.807) is 67.7 Å². The zero-order valence-electron chi connectivity index (χ0n) is 15.7. The van der Waals surface area contributed by atoms with Crippen LogP contribution in [0.4, 0.5) is 11.4 Å². The monoisotopic (exact) mass is 448 g/mol. The molecule has 3 rings (SSSR count). The molecular weight excluding hydrogens is 431 g/mol. The largest absolute Gasteiger partial charge is 0.311 e. The number of benzene rings is 3. The van der Waals surface area contributed by atoms with E-state index >= 15 is 0 Å². The van der Waals surface area contributed by atoms with Gasteiger partial charge in [0.15, 0.2) is 0 Å². The molecule has 3 aromatic carbocycles. The molecule has 0 atom stereocenters. The van der Waals surface area contributed by atoms with Crippen molar-refractivity contribution in [1.82, 2.24) is 0 Å². The molecule has 0 bridgehead atoms.